The molecule has 0 aliphatic carbocycles. The minimum absolute atomic E-state index is 0.267. The second-order valence-electron chi connectivity index (χ2n) is 3.12. The molecule has 1 aromatic rings. The van der Waals surface area contributed by atoms with Crippen LogP contribution in [0.5, 0.6) is 0 Å². The molecule has 0 unspecified atom stereocenters. The number of carbonyl (C=O) groups excluding carboxylic acids is 1. The molecule has 1 aromatic carbocycles. The second kappa shape index (κ2) is 5.32. The first-order chi connectivity index (χ1) is 7.19. The molecule has 1 N–H and O–H groups in total. The predicted octanol–water partition coefficient (Wildman–Crippen LogP) is 2.05. The molecule has 15 heavy (non-hydrogen) atoms. The van der Waals surface area contributed by atoms with E-state index in [-0.39, 0.29) is 12.4 Å². The molecule has 0 amide bonds. The summed E-state index contributed by atoms with van der Waals surface area (Å²) in [5.74, 6) is -0.168. The molecule has 0 atom stereocenters. The molecule has 0 fully saturated rings. The van der Waals surface area contributed by atoms with Crippen molar-refractivity contribution in [2.24, 2.45) is 0 Å². The average Bonchev–Trinajstić information content (AvgIpc) is 2.26. The Labute approximate surface area is 89.0 Å². The van der Waals surface area contributed by atoms with E-state index in [2.05, 4.69) is 0 Å². The minimum Gasteiger partial charge on any atom is -0.425 e. The number of allylic oxidation sites excluding steroid dienone is 1. The van der Waals surface area contributed by atoms with Gasteiger partial charge in [0.25, 0.3) is 0 Å². The van der Waals surface area contributed by atoms with Crippen LogP contribution in [0.4, 0.5) is 0 Å². The Kier molecular flexibility index (Phi) is 4.06. The van der Waals surface area contributed by atoms with Crippen molar-refractivity contribution in [1.82, 2.24) is 0 Å². The summed E-state index contributed by atoms with van der Waals surface area (Å²) >= 11 is 0. The molecule has 0 bridgehead atoms. The average molecular weight is 206 g/mol. The summed E-state index contributed by atoms with van der Waals surface area (Å²) in [6.45, 7) is 3.27. The Morgan fingerprint density at radius 1 is 1.47 bits per heavy atom. The number of aryl methyl sites for hydroxylation is 1. The van der Waals surface area contributed by atoms with Gasteiger partial charge in [-0.05, 0) is 31.6 Å². The fourth-order valence-electron chi connectivity index (χ4n) is 1.16. The molecular weight excluding hydrogens is 192 g/mol. The van der Waals surface area contributed by atoms with Gasteiger partial charge >= 0.3 is 5.97 Å². The number of esters is 1. The smallest absolute Gasteiger partial charge is 0.343 e. The van der Waals surface area contributed by atoms with Gasteiger partial charge in [0.2, 0.25) is 0 Å². The van der Waals surface area contributed by atoms with Gasteiger partial charge in [-0.25, -0.2) is 4.79 Å². The van der Waals surface area contributed by atoms with Gasteiger partial charge in [0.1, 0.15) is 12.4 Å². The largest absolute Gasteiger partial charge is 0.425 e. The van der Waals surface area contributed by atoms with Crippen LogP contribution in [-0.4, -0.2) is 17.7 Å². The molecule has 0 aromatic heterocycles. The van der Waals surface area contributed by atoms with Gasteiger partial charge in [-0.2, -0.15) is 0 Å². The second-order valence-corrected chi connectivity index (χ2v) is 3.12. The predicted molar refractivity (Wildman–Crippen MR) is 57.4 cm³/mol. The summed E-state index contributed by atoms with van der Waals surface area (Å²) in [7, 11) is 0. The van der Waals surface area contributed by atoms with E-state index >= 15 is 0 Å². The first-order valence-corrected chi connectivity index (χ1v) is 4.73. The van der Waals surface area contributed by atoms with Gasteiger partial charge in [-0.1, -0.05) is 18.2 Å². The van der Waals surface area contributed by atoms with Crippen LogP contribution in [-0.2, 0) is 4.74 Å². The van der Waals surface area contributed by atoms with E-state index in [0.29, 0.717) is 5.56 Å². The third-order valence-corrected chi connectivity index (χ3v) is 2.07. The van der Waals surface area contributed by atoms with E-state index in [1.807, 2.05) is 19.1 Å². The Morgan fingerprint density at radius 3 is 2.67 bits per heavy atom. The van der Waals surface area contributed by atoms with E-state index in [1.165, 1.54) is 0 Å². The molecule has 3 nitrogen and oxygen atoms in total. The van der Waals surface area contributed by atoms with Crippen LogP contribution < -0.4 is 0 Å². The molecular formula is C12H14O3. The SMILES string of the molecule is CC=C(CO)OC(=O)c1ccccc1C. The quantitative estimate of drug-likeness (QED) is 0.608. The maximum atomic E-state index is 11.6. The number of aliphatic hydroxyl groups excluding tert-OH is 1. The number of aliphatic hydroxyl groups is 1. The van der Waals surface area contributed by atoms with Crippen molar-refractivity contribution in [3.63, 3.8) is 0 Å². The third-order valence-electron chi connectivity index (χ3n) is 2.07. The maximum Gasteiger partial charge on any atom is 0.343 e. The maximum absolute atomic E-state index is 11.6. The topological polar surface area (TPSA) is 46.5 Å². The molecule has 0 aliphatic rings. The van der Waals surface area contributed by atoms with E-state index in [9.17, 15) is 4.79 Å². The number of rotatable bonds is 3. The fourth-order valence-corrected chi connectivity index (χ4v) is 1.16. The van der Waals surface area contributed by atoms with Crippen LogP contribution >= 0.6 is 0 Å². The van der Waals surface area contributed by atoms with Gasteiger partial charge in [0.05, 0.1) is 5.56 Å². The van der Waals surface area contributed by atoms with Crippen LogP contribution in [0.3, 0.4) is 0 Å². The number of hydrogen-bond acceptors (Lipinski definition) is 3. The Bertz CT molecular complexity index is 380. The lowest BCUT2D eigenvalue weighted by Crippen LogP contribution is -2.08. The first-order valence-electron chi connectivity index (χ1n) is 4.73. The highest BCUT2D eigenvalue weighted by Crippen LogP contribution is 2.10. The van der Waals surface area contributed by atoms with E-state index in [1.54, 1.807) is 25.1 Å². The zero-order valence-electron chi connectivity index (χ0n) is 8.86. The summed E-state index contributed by atoms with van der Waals surface area (Å²) in [5.41, 5.74) is 1.38. The molecule has 0 saturated carbocycles. The van der Waals surface area contributed by atoms with Crippen molar-refractivity contribution in [1.29, 1.82) is 0 Å². The molecule has 0 heterocycles. The summed E-state index contributed by atoms with van der Waals surface area (Å²) in [6, 6.07) is 7.17. The van der Waals surface area contributed by atoms with Crippen LogP contribution in [0.2, 0.25) is 0 Å². The summed E-state index contributed by atoms with van der Waals surface area (Å²) in [5, 5.41) is 8.85. The van der Waals surface area contributed by atoms with Crippen molar-refractivity contribution in [2.45, 2.75) is 13.8 Å². The lowest BCUT2D eigenvalue weighted by molar-refractivity contribution is 0.0581. The third kappa shape index (κ3) is 2.92. The van der Waals surface area contributed by atoms with Crippen LogP contribution in [0.1, 0.15) is 22.8 Å². The van der Waals surface area contributed by atoms with Crippen molar-refractivity contribution in [3.8, 4) is 0 Å². The first kappa shape index (κ1) is 11.5. The van der Waals surface area contributed by atoms with Gasteiger partial charge < -0.3 is 9.84 Å². The number of carbonyl (C=O) groups is 1. The van der Waals surface area contributed by atoms with Gasteiger partial charge in [-0.3, -0.25) is 0 Å². The fraction of sp³-hybridized carbons (Fsp3) is 0.250. The summed E-state index contributed by atoms with van der Waals surface area (Å²) in [4.78, 5) is 11.6. The highest BCUT2D eigenvalue weighted by Gasteiger charge is 2.11. The lowest BCUT2D eigenvalue weighted by Gasteiger charge is -2.07. The van der Waals surface area contributed by atoms with E-state index < -0.39 is 5.97 Å². The van der Waals surface area contributed by atoms with Crippen molar-refractivity contribution in [3.05, 3.63) is 47.2 Å². The van der Waals surface area contributed by atoms with Crippen LogP contribution in [0, 0.1) is 6.92 Å². The van der Waals surface area contributed by atoms with Crippen LogP contribution in [0.25, 0.3) is 0 Å². The lowest BCUT2D eigenvalue weighted by atomic mass is 10.1. The number of ether oxygens (including phenoxy) is 1. The van der Waals surface area contributed by atoms with Gasteiger partial charge in [0.15, 0.2) is 0 Å². The summed E-state index contributed by atoms with van der Waals surface area (Å²) in [6.07, 6.45) is 1.57. The highest BCUT2D eigenvalue weighted by molar-refractivity contribution is 5.91. The molecule has 0 spiro atoms. The van der Waals surface area contributed by atoms with Gasteiger partial charge in [-0.15, -0.1) is 0 Å². The van der Waals surface area contributed by atoms with Gasteiger partial charge in [0, 0.05) is 0 Å². The van der Waals surface area contributed by atoms with E-state index in [0.717, 1.165) is 5.56 Å². The number of hydrogen-bond donors (Lipinski definition) is 1. The van der Waals surface area contributed by atoms with Crippen molar-refractivity contribution < 1.29 is 14.6 Å². The monoisotopic (exact) mass is 206 g/mol. The summed E-state index contributed by atoms with van der Waals surface area (Å²) < 4.78 is 4.99. The zero-order valence-corrected chi connectivity index (χ0v) is 8.86. The zero-order chi connectivity index (χ0) is 11.3. The normalized spacial score (nSPS) is 11.3. The van der Waals surface area contributed by atoms with Crippen LogP contribution in [0.15, 0.2) is 36.1 Å². The molecule has 0 radical (unpaired) electrons. The molecule has 3 heteroatoms. The van der Waals surface area contributed by atoms with E-state index in [4.69, 9.17) is 9.84 Å². The molecule has 0 saturated heterocycles. The van der Waals surface area contributed by atoms with Crippen molar-refractivity contribution in [2.75, 3.05) is 6.61 Å². The minimum atomic E-state index is -0.435. The molecule has 80 valence electrons. The number of benzene rings is 1. The Hall–Kier alpha value is -1.61. The Balaban J connectivity index is 2.82. The Morgan fingerprint density at radius 2 is 2.13 bits per heavy atom. The molecule has 0 aliphatic heterocycles. The standard InChI is InChI=1S/C12H14O3/c1-3-10(8-13)15-12(14)11-7-5-4-6-9(11)2/h3-7,13H,8H2,1-2H3. The molecule has 1 rings (SSSR count). The highest BCUT2D eigenvalue weighted by atomic mass is 16.5. The van der Waals surface area contributed by atoms with Crippen molar-refractivity contribution >= 4 is 5.97 Å².